The third-order valence-corrected chi connectivity index (χ3v) is 4.12. The van der Waals surface area contributed by atoms with E-state index in [0.29, 0.717) is 16.1 Å². The summed E-state index contributed by atoms with van der Waals surface area (Å²) >= 11 is 12.0. The lowest BCUT2D eigenvalue weighted by atomic mass is 10.0. The van der Waals surface area contributed by atoms with Gasteiger partial charge in [-0.3, -0.25) is 0 Å². The van der Waals surface area contributed by atoms with E-state index in [4.69, 9.17) is 27.9 Å². The number of rotatable bonds is 3. The highest BCUT2D eigenvalue weighted by Gasteiger charge is 2.16. The van der Waals surface area contributed by atoms with Crippen LogP contribution in [0.1, 0.15) is 37.8 Å². The Kier molecular flexibility index (Phi) is 5.31. The van der Waals surface area contributed by atoms with Crippen LogP contribution in [0, 0.1) is 0 Å². The van der Waals surface area contributed by atoms with Crippen molar-refractivity contribution in [1.29, 1.82) is 0 Å². The number of halogens is 2. The SMILES string of the molecule is CC(NC1CCCOCC1)c1ccc(Cl)c(Cl)c1. The minimum Gasteiger partial charge on any atom is -0.381 e. The van der Waals surface area contributed by atoms with Crippen molar-refractivity contribution in [2.24, 2.45) is 0 Å². The zero-order valence-electron chi connectivity index (χ0n) is 10.6. The van der Waals surface area contributed by atoms with Crippen molar-refractivity contribution in [3.63, 3.8) is 0 Å². The first-order valence-electron chi connectivity index (χ1n) is 6.45. The Morgan fingerprint density at radius 3 is 2.83 bits per heavy atom. The van der Waals surface area contributed by atoms with Gasteiger partial charge in [0.05, 0.1) is 10.0 Å². The minimum atomic E-state index is 0.280. The van der Waals surface area contributed by atoms with Gasteiger partial charge in [0.25, 0.3) is 0 Å². The molecule has 0 radical (unpaired) electrons. The molecule has 0 saturated carbocycles. The van der Waals surface area contributed by atoms with Gasteiger partial charge in [-0.15, -0.1) is 0 Å². The molecular weight excluding hydrogens is 269 g/mol. The van der Waals surface area contributed by atoms with Gasteiger partial charge in [-0.2, -0.15) is 0 Å². The Morgan fingerprint density at radius 1 is 1.22 bits per heavy atom. The molecule has 18 heavy (non-hydrogen) atoms. The first kappa shape index (κ1) is 14.1. The van der Waals surface area contributed by atoms with E-state index < -0.39 is 0 Å². The third kappa shape index (κ3) is 3.86. The van der Waals surface area contributed by atoms with Gasteiger partial charge in [0.2, 0.25) is 0 Å². The Bertz CT molecular complexity index is 389. The summed E-state index contributed by atoms with van der Waals surface area (Å²) in [4.78, 5) is 0. The van der Waals surface area contributed by atoms with Gasteiger partial charge in [-0.05, 0) is 43.9 Å². The van der Waals surface area contributed by atoms with Crippen LogP contribution >= 0.6 is 23.2 Å². The molecule has 2 unspecified atom stereocenters. The fraction of sp³-hybridized carbons (Fsp3) is 0.571. The lowest BCUT2D eigenvalue weighted by Gasteiger charge is -2.22. The van der Waals surface area contributed by atoms with Crippen molar-refractivity contribution >= 4 is 23.2 Å². The highest BCUT2D eigenvalue weighted by molar-refractivity contribution is 6.42. The molecule has 1 N–H and O–H groups in total. The third-order valence-electron chi connectivity index (χ3n) is 3.38. The van der Waals surface area contributed by atoms with Crippen LogP contribution in [0.5, 0.6) is 0 Å². The van der Waals surface area contributed by atoms with Gasteiger partial charge < -0.3 is 10.1 Å². The largest absolute Gasteiger partial charge is 0.381 e. The van der Waals surface area contributed by atoms with Crippen molar-refractivity contribution in [2.45, 2.75) is 38.3 Å². The minimum absolute atomic E-state index is 0.280. The van der Waals surface area contributed by atoms with Crippen LogP contribution in [-0.2, 0) is 4.74 Å². The van der Waals surface area contributed by atoms with Crippen molar-refractivity contribution < 1.29 is 4.74 Å². The topological polar surface area (TPSA) is 21.3 Å². The highest BCUT2D eigenvalue weighted by atomic mass is 35.5. The average Bonchev–Trinajstić information content (AvgIpc) is 2.61. The molecule has 1 aromatic carbocycles. The quantitative estimate of drug-likeness (QED) is 0.899. The van der Waals surface area contributed by atoms with Crippen LogP contribution in [0.4, 0.5) is 0 Å². The Hall–Kier alpha value is -0.280. The molecule has 1 aliphatic rings. The molecule has 1 saturated heterocycles. The number of benzene rings is 1. The monoisotopic (exact) mass is 287 g/mol. The molecule has 0 bridgehead atoms. The number of hydrogen-bond donors (Lipinski definition) is 1. The number of ether oxygens (including phenoxy) is 1. The van der Waals surface area contributed by atoms with E-state index >= 15 is 0 Å². The average molecular weight is 288 g/mol. The summed E-state index contributed by atoms with van der Waals surface area (Å²) in [7, 11) is 0. The molecule has 1 fully saturated rings. The standard InChI is InChI=1S/C14H19Cl2NO/c1-10(11-4-5-13(15)14(16)9-11)17-12-3-2-7-18-8-6-12/h4-5,9-10,12,17H,2-3,6-8H2,1H3. The Morgan fingerprint density at radius 2 is 2.06 bits per heavy atom. The van der Waals surface area contributed by atoms with Gasteiger partial charge in [0.1, 0.15) is 0 Å². The zero-order chi connectivity index (χ0) is 13.0. The molecular formula is C14H19Cl2NO. The molecule has 4 heteroatoms. The maximum Gasteiger partial charge on any atom is 0.0595 e. The van der Waals surface area contributed by atoms with E-state index in [0.717, 1.165) is 26.1 Å². The second-order valence-electron chi connectivity index (χ2n) is 4.80. The van der Waals surface area contributed by atoms with Gasteiger partial charge in [0.15, 0.2) is 0 Å². The number of hydrogen-bond acceptors (Lipinski definition) is 2. The van der Waals surface area contributed by atoms with E-state index in [9.17, 15) is 0 Å². The van der Waals surface area contributed by atoms with Crippen LogP contribution in [0.2, 0.25) is 10.0 Å². The van der Waals surface area contributed by atoms with E-state index in [2.05, 4.69) is 12.2 Å². The molecule has 2 nitrogen and oxygen atoms in total. The predicted molar refractivity (Wildman–Crippen MR) is 76.5 cm³/mol. The smallest absolute Gasteiger partial charge is 0.0595 e. The molecule has 1 aromatic rings. The summed E-state index contributed by atoms with van der Waals surface area (Å²) in [5.41, 5.74) is 1.18. The summed E-state index contributed by atoms with van der Waals surface area (Å²) in [6, 6.07) is 6.63. The second kappa shape index (κ2) is 6.76. The lowest BCUT2D eigenvalue weighted by Crippen LogP contribution is -2.31. The van der Waals surface area contributed by atoms with E-state index in [-0.39, 0.29) is 6.04 Å². The van der Waals surface area contributed by atoms with Crippen LogP contribution in [-0.4, -0.2) is 19.3 Å². The first-order chi connectivity index (χ1) is 8.66. The van der Waals surface area contributed by atoms with Crippen LogP contribution in [0.25, 0.3) is 0 Å². The van der Waals surface area contributed by atoms with Crippen LogP contribution in [0.15, 0.2) is 18.2 Å². The zero-order valence-corrected chi connectivity index (χ0v) is 12.1. The highest BCUT2D eigenvalue weighted by Crippen LogP contribution is 2.26. The molecule has 1 aliphatic heterocycles. The Balaban J connectivity index is 1.97. The van der Waals surface area contributed by atoms with E-state index in [1.165, 1.54) is 12.0 Å². The van der Waals surface area contributed by atoms with Crippen molar-refractivity contribution in [3.05, 3.63) is 33.8 Å². The second-order valence-corrected chi connectivity index (χ2v) is 5.62. The first-order valence-corrected chi connectivity index (χ1v) is 7.21. The summed E-state index contributed by atoms with van der Waals surface area (Å²) in [5, 5.41) is 4.86. The lowest BCUT2D eigenvalue weighted by molar-refractivity contribution is 0.142. The molecule has 1 heterocycles. The van der Waals surface area contributed by atoms with E-state index in [1.807, 2.05) is 18.2 Å². The summed E-state index contributed by atoms with van der Waals surface area (Å²) in [6.45, 7) is 3.90. The summed E-state index contributed by atoms with van der Waals surface area (Å²) in [5.74, 6) is 0. The molecule has 0 aliphatic carbocycles. The summed E-state index contributed by atoms with van der Waals surface area (Å²) in [6.07, 6.45) is 3.38. The van der Waals surface area contributed by atoms with E-state index in [1.54, 1.807) is 0 Å². The maximum absolute atomic E-state index is 6.05. The summed E-state index contributed by atoms with van der Waals surface area (Å²) < 4.78 is 5.47. The molecule has 100 valence electrons. The molecule has 0 aromatic heterocycles. The fourth-order valence-corrected chi connectivity index (χ4v) is 2.61. The predicted octanol–water partition coefficient (Wildman–Crippen LogP) is 4.21. The van der Waals surface area contributed by atoms with Crippen LogP contribution < -0.4 is 5.32 Å². The molecule has 2 atom stereocenters. The number of nitrogens with one attached hydrogen (secondary N) is 1. The van der Waals surface area contributed by atoms with Gasteiger partial charge in [0, 0.05) is 25.3 Å². The normalized spacial score (nSPS) is 22.5. The maximum atomic E-state index is 6.05. The van der Waals surface area contributed by atoms with Gasteiger partial charge in [-0.25, -0.2) is 0 Å². The van der Waals surface area contributed by atoms with Crippen molar-refractivity contribution in [3.8, 4) is 0 Å². The van der Waals surface area contributed by atoms with Gasteiger partial charge >= 0.3 is 0 Å². The van der Waals surface area contributed by atoms with Crippen molar-refractivity contribution in [1.82, 2.24) is 5.32 Å². The van der Waals surface area contributed by atoms with Crippen molar-refractivity contribution in [2.75, 3.05) is 13.2 Å². The molecule has 2 rings (SSSR count). The van der Waals surface area contributed by atoms with Crippen LogP contribution in [0.3, 0.4) is 0 Å². The molecule has 0 amide bonds. The van der Waals surface area contributed by atoms with Gasteiger partial charge in [-0.1, -0.05) is 29.3 Å². The molecule has 0 spiro atoms. The fourth-order valence-electron chi connectivity index (χ4n) is 2.30. The Labute approximate surface area is 119 Å².